The van der Waals surface area contributed by atoms with E-state index in [2.05, 4.69) is 38.1 Å². The fraction of sp³-hybridized carbons (Fsp3) is 0.421. The number of nitrogens with zero attached hydrogens (tertiary/aromatic N) is 2. The van der Waals surface area contributed by atoms with Crippen molar-refractivity contribution in [3.8, 4) is 0 Å². The Bertz CT molecular complexity index is 685. The fourth-order valence-electron chi connectivity index (χ4n) is 3.54. The van der Waals surface area contributed by atoms with E-state index in [1.165, 1.54) is 5.56 Å². The minimum atomic E-state index is 0.0969. The van der Waals surface area contributed by atoms with Crippen molar-refractivity contribution in [3.63, 3.8) is 0 Å². The number of carbonyl (C=O) groups is 1. The van der Waals surface area contributed by atoms with Crippen molar-refractivity contribution in [2.75, 3.05) is 13.1 Å². The number of carbonyl (C=O) groups excluding carboxylic acids is 1. The smallest absolute Gasteiger partial charge is 0.255 e. The van der Waals surface area contributed by atoms with Crippen molar-refractivity contribution in [2.45, 2.75) is 26.7 Å². The fourth-order valence-corrected chi connectivity index (χ4v) is 3.54. The molecular formula is C19H24N2O. The predicted molar refractivity (Wildman–Crippen MR) is 89.0 cm³/mol. The molecule has 0 N–H and O–H groups in total. The number of aryl methyl sites for hydroxylation is 1. The molecule has 116 valence electrons. The Kier molecular flexibility index (Phi) is 3.59. The molecule has 0 unspecified atom stereocenters. The third-order valence-corrected chi connectivity index (χ3v) is 5.05. The number of amides is 1. The summed E-state index contributed by atoms with van der Waals surface area (Å²) in [5.41, 5.74) is 3.28. The van der Waals surface area contributed by atoms with Crippen molar-refractivity contribution in [3.05, 3.63) is 59.4 Å². The van der Waals surface area contributed by atoms with Crippen LogP contribution in [0.2, 0.25) is 0 Å². The summed E-state index contributed by atoms with van der Waals surface area (Å²) in [5, 5.41) is 0. The van der Waals surface area contributed by atoms with Crippen LogP contribution in [0.25, 0.3) is 0 Å². The van der Waals surface area contributed by atoms with Gasteiger partial charge in [-0.3, -0.25) is 4.79 Å². The highest BCUT2D eigenvalue weighted by atomic mass is 16.2. The molecule has 1 aliphatic rings. The first kappa shape index (κ1) is 14.9. The van der Waals surface area contributed by atoms with Crippen LogP contribution in [-0.2, 0) is 7.05 Å². The van der Waals surface area contributed by atoms with Gasteiger partial charge < -0.3 is 9.47 Å². The zero-order chi connectivity index (χ0) is 15.9. The Morgan fingerprint density at radius 3 is 2.45 bits per heavy atom. The number of hydrogen-bond acceptors (Lipinski definition) is 1. The van der Waals surface area contributed by atoms with Gasteiger partial charge in [0.2, 0.25) is 0 Å². The minimum absolute atomic E-state index is 0.0969. The van der Waals surface area contributed by atoms with Gasteiger partial charge in [-0.1, -0.05) is 44.2 Å². The summed E-state index contributed by atoms with van der Waals surface area (Å²) >= 11 is 0. The predicted octanol–water partition coefficient (Wildman–Crippen LogP) is 3.60. The topological polar surface area (TPSA) is 25.2 Å². The molecule has 1 aromatic carbocycles. The van der Waals surface area contributed by atoms with Crippen LogP contribution in [0.5, 0.6) is 0 Å². The highest BCUT2D eigenvalue weighted by molar-refractivity contribution is 5.95. The summed E-state index contributed by atoms with van der Waals surface area (Å²) in [6.07, 6.45) is 1.96. The van der Waals surface area contributed by atoms with Crippen LogP contribution < -0.4 is 0 Å². The van der Waals surface area contributed by atoms with Crippen molar-refractivity contribution in [1.82, 2.24) is 9.47 Å². The second-order valence-corrected chi connectivity index (χ2v) is 7.06. The Balaban J connectivity index is 1.86. The van der Waals surface area contributed by atoms with Crippen molar-refractivity contribution < 1.29 is 4.79 Å². The molecule has 22 heavy (non-hydrogen) atoms. The summed E-state index contributed by atoms with van der Waals surface area (Å²) in [5.74, 6) is 0.547. The number of hydrogen-bond donors (Lipinski definition) is 0. The molecule has 1 saturated heterocycles. The van der Waals surface area contributed by atoms with Crippen LogP contribution >= 0.6 is 0 Å². The van der Waals surface area contributed by atoms with Gasteiger partial charge in [-0.05, 0) is 24.0 Å². The molecule has 0 bridgehead atoms. The lowest BCUT2D eigenvalue weighted by Crippen LogP contribution is -2.30. The summed E-state index contributed by atoms with van der Waals surface area (Å²) in [7, 11) is 1.98. The molecule has 1 aliphatic heterocycles. The quantitative estimate of drug-likeness (QED) is 0.831. The molecule has 1 fully saturated rings. The minimum Gasteiger partial charge on any atom is -0.354 e. The largest absolute Gasteiger partial charge is 0.354 e. The van der Waals surface area contributed by atoms with Crippen molar-refractivity contribution >= 4 is 5.91 Å². The summed E-state index contributed by atoms with van der Waals surface area (Å²) in [4.78, 5) is 14.9. The Labute approximate surface area is 132 Å². The van der Waals surface area contributed by atoms with Crippen LogP contribution in [0.4, 0.5) is 0 Å². The second-order valence-electron chi connectivity index (χ2n) is 7.06. The summed E-state index contributed by atoms with van der Waals surface area (Å²) in [6, 6.07) is 12.5. The lowest BCUT2D eigenvalue weighted by atomic mass is 9.78. The lowest BCUT2D eigenvalue weighted by molar-refractivity contribution is 0.0777. The van der Waals surface area contributed by atoms with Gasteiger partial charge in [0, 0.05) is 37.9 Å². The first-order valence-electron chi connectivity index (χ1n) is 7.86. The van der Waals surface area contributed by atoms with E-state index in [4.69, 9.17) is 0 Å². The van der Waals surface area contributed by atoms with Crippen LogP contribution in [0.1, 0.15) is 41.4 Å². The Morgan fingerprint density at radius 1 is 1.18 bits per heavy atom. The zero-order valence-electron chi connectivity index (χ0n) is 13.8. The SMILES string of the molecule is Cc1c(C(=O)N2C[C@@H](c3ccccc3)C(C)(C)C2)ccn1C. The van der Waals surface area contributed by atoms with E-state index in [0.29, 0.717) is 5.92 Å². The van der Waals surface area contributed by atoms with Crippen LogP contribution in [0.15, 0.2) is 42.6 Å². The van der Waals surface area contributed by atoms with Crippen molar-refractivity contribution in [2.24, 2.45) is 12.5 Å². The first-order valence-corrected chi connectivity index (χ1v) is 7.86. The van der Waals surface area contributed by atoms with Gasteiger partial charge in [0.05, 0.1) is 5.56 Å². The van der Waals surface area contributed by atoms with Gasteiger partial charge >= 0.3 is 0 Å². The van der Waals surface area contributed by atoms with E-state index in [0.717, 1.165) is 24.3 Å². The standard InChI is InChI=1S/C19H24N2O/c1-14-16(10-11-20(14)4)18(22)21-12-17(19(2,3)13-21)15-8-6-5-7-9-15/h5-11,17H,12-13H2,1-4H3/t17-/m0/s1. The van der Waals surface area contributed by atoms with E-state index in [1.54, 1.807) is 0 Å². The van der Waals surface area contributed by atoms with Gasteiger partial charge in [0.1, 0.15) is 0 Å². The molecule has 2 aromatic rings. The molecule has 3 heteroatoms. The van der Waals surface area contributed by atoms with E-state index < -0.39 is 0 Å². The molecule has 3 nitrogen and oxygen atoms in total. The molecule has 1 amide bonds. The van der Waals surface area contributed by atoms with Crippen LogP contribution in [-0.4, -0.2) is 28.5 Å². The van der Waals surface area contributed by atoms with E-state index >= 15 is 0 Å². The van der Waals surface area contributed by atoms with Gasteiger partial charge in [-0.15, -0.1) is 0 Å². The van der Waals surface area contributed by atoms with Crippen molar-refractivity contribution in [1.29, 1.82) is 0 Å². The normalized spacial score (nSPS) is 20.4. The maximum absolute atomic E-state index is 12.9. The van der Waals surface area contributed by atoms with Gasteiger partial charge in [0.25, 0.3) is 5.91 Å². The highest BCUT2D eigenvalue weighted by Crippen LogP contribution is 2.42. The van der Waals surface area contributed by atoms with Gasteiger partial charge in [-0.25, -0.2) is 0 Å². The molecule has 0 spiro atoms. The number of aromatic nitrogens is 1. The maximum atomic E-state index is 12.9. The van der Waals surface area contributed by atoms with Crippen LogP contribution in [0.3, 0.4) is 0 Å². The number of benzene rings is 1. The highest BCUT2D eigenvalue weighted by Gasteiger charge is 2.42. The Hall–Kier alpha value is -2.03. The zero-order valence-corrected chi connectivity index (χ0v) is 13.8. The molecule has 1 aromatic heterocycles. The molecular weight excluding hydrogens is 272 g/mol. The van der Waals surface area contributed by atoms with Gasteiger partial charge in [-0.2, -0.15) is 0 Å². The number of rotatable bonds is 2. The average molecular weight is 296 g/mol. The third kappa shape index (κ3) is 2.45. The molecule has 0 radical (unpaired) electrons. The average Bonchev–Trinajstić information content (AvgIpc) is 2.99. The second kappa shape index (κ2) is 5.31. The monoisotopic (exact) mass is 296 g/mol. The Morgan fingerprint density at radius 2 is 1.86 bits per heavy atom. The van der Waals surface area contributed by atoms with E-state index in [-0.39, 0.29) is 11.3 Å². The van der Waals surface area contributed by atoms with Crippen LogP contribution in [0, 0.1) is 12.3 Å². The van der Waals surface area contributed by atoms with E-state index in [1.807, 2.05) is 41.8 Å². The third-order valence-electron chi connectivity index (χ3n) is 5.05. The maximum Gasteiger partial charge on any atom is 0.255 e. The lowest BCUT2D eigenvalue weighted by Gasteiger charge is -2.25. The summed E-state index contributed by atoms with van der Waals surface area (Å²) in [6.45, 7) is 8.12. The van der Waals surface area contributed by atoms with Gasteiger partial charge in [0.15, 0.2) is 0 Å². The molecule has 0 aliphatic carbocycles. The molecule has 0 saturated carbocycles. The number of likely N-dealkylation sites (tertiary alicyclic amines) is 1. The molecule has 1 atom stereocenters. The first-order chi connectivity index (χ1) is 10.4. The molecule has 2 heterocycles. The molecule has 3 rings (SSSR count). The summed E-state index contributed by atoms with van der Waals surface area (Å²) < 4.78 is 2.00. The van der Waals surface area contributed by atoms with E-state index in [9.17, 15) is 4.79 Å².